The van der Waals surface area contributed by atoms with Gasteiger partial charge in [-0.3, -0.25) is 4.79 Å². The van der Waals surface area contributed by atoms with Gasteiger partial charge in [0.25, 0.3) is 5.91 Å². The minimum absolute atomic E-state index is 0.134. The van der Waals surface area contributed by atoms with Crippen molar-refractivity contribution in [3.05, 3.63) is 35.6 Å². The SMILES string of the molecule is CCC1(CNC(=O)c2ccccc2F)CC1. The molecule has 0 unspecified atom stereocenters. The second kappa shape index (κ2) is 4.24. The number of benzene rings is 1. The molecule has 3 heteroatoms. The molecule has 0 bridgehead atoms. The van der Waals surface area contributed by atoms with Crippen LogP contribution in [0.2, 0.25) is 0 Å². The number of hydrogen-bond donors (Lipinski definition) is 1. The fraction of sp³-hybridized carbons (Fsp3) is 0.462. The maximum Gasteiger partial charge on any atom is 0.254 e. The largest absolute Gasteiger partial charge is 0.351 e. The lowest BCUT2D eigenvalue weighted by Gasteiger charge is -2.13. The molecule has 1 fully saturated rings. The number of rotatable bonds is 4. The third kappa shape index (κ3) is 2.23. The van der Waals surface area contributed by atoms with Crippen LogP contribution in [0.5, 0.6) is 0 Å². The summed E-state index contributed by atoms with van der Waals surface area (Å²) in [5.41, 5.74) is 0.426. The molecular weight excluding hydrogens is 205 g/mol. The molecule has 1 aromatic rings. The van der Waals surface area contributed by atoms with Gasteiger partial charge in [0.15, 0.2) is 0 Å². The molecule has 1 N–H and O–H groups in total. The molecule has 1 aliphatic carbocycles. The van der Waals surface area contributed by atoms with Crippen LogP contribution in [-0.2, 0) is 0 Å². The summed E-state index contributed by atoms with van der Waals surface area (Å²) in [5.74, 6) is -0.765. The van der Waals surface area contributed by atoms with Crippen molar-refractivity contribution in [3.8, 4) is 0 Å². The minimum Gasteiger partial charge on any atom is -0.351 e. The van der Waals surface area contributed by atoms with Crippen LogP contribution >= 0.6 is 0 Å². The Kier molecular flexibility index (Phi) is 2.95. The summed E-state index contributed by atoms with van der Waals surface area (Å²) in [6, 6.07) is 6.07. The highest BCUT2D eigenvalue weighted by molar-refractivity contribution is 5.94. The number of amides is 1. The maximum atomic E-state index is 13.3. The van der Waals surface area contributed by atoms with E-state index in [9.17, 15) is 9.18 Å². The Labute approximate surface area is 94.9 Å². The molecule has 1 aliphatic rings. The van der Waals surface area contributed by atoms with Crippen molar-refractivity contribution in [3.63, 3.8) is 0 Å². The summed E-state index contributed by atoms with van der Waals surface area (Å²) in [6.07, 6.45) is 3.41. The fourth-order valence-electron chi connectivity index (χ4n) is 1.84. The minimum atomic E-state index is -0.457. The Morgan fingerprint density at radius 2 is 2.12 bits per heavy atom. The van der Waals surface area contributed by atoms with Crippen LogP contribution in [0.1, 0.15) is 36.5 Å². The summed E-state index contributed by atoms with van der Waals surface area (Å²) in [7, 11) is 0. The predicted molar refractivity (Wildman–Crippen MR) is 60.7 cm³/mol. The first-order valence-corrected chi connectivity index (χ1v) is 5.70. The van der Waals surface area contributed by atoms with Crippen LogP contribution < -0.4 is 5.32 Å². The van der Waals surface area contributed by atoms with E-state index in [0.29, 0.717) is 12.0 Å². The van der Waals surface area contributed by atoms with Gasteiger partial charge < -0.3 is 5.32 Å². The number of carbonyl (C=O) groups is 1. The Morgan fingerprint density at radius 1 is 1.44 bits per heavy atom. The van der Waals surface area contributed by atoms with Gasteiger partial charge in [-0.25, -0.2) is 4.39 Å². The third-order valence-electron chi connectivity index (χ3n) is 3.45. The van der Waals surface area contributed by atoms with Gasteiger partial charge in [-0.1, -0.05) is 19.1 Å². The first-order chi connectivity index (χ1) is 7.67. The van der Waals surface area contributed by atoms with E-state index < -0.39 is 5.82 Å². The molecule has 2 nitrogen and oxygen atoms in total. The Balaban J connectivity index is 1.96. The van der Waals surface area contributed by atoms with Gasteiger partial charge >= 0.3 is 0 Å². The molecule has 86 valence electrons. The van der Waals surface area contributed by atoms with Crippen LogP contribution in [0.3, 0.4) is 0 Å². The van der Waals surface area contributed by atoms with Crippen molar-refractivity contribution in [2.45, 2.75) is 26.2 Å². The average molecular weight is 221 g/mol. The van der Waals surface area contributed by atoms with Crippen molar-refractivity contribution in [1.82, 2.24) is 5.32 Å². The predicted octanol–water partition coefficient (Wildman–Crippen LogP) is 2.75. The van der Waals surface area contributed by atoms with E-state index in [2.05, 4.69) is 12.2 Å². The summed E-state index contributed by atoms with van der Waals surface area (Å²) < 4.78 is 13.3. The van der Waals surface area contributed by atoms with E-state index in [-0.39, 0.29) is 11.5 Å². The quantitative estimate of drug-likeness (QED) is 0.832. The van der Waals surface area contributed by atoms with Crippen LogP contribution in [-0.4, -0.2) is 12.5 Å². The highest BCUT2D eigenvalue weighted by Gasteiger charge is 2.40. The standard InChI is InChI=1S/C13H16FNO/c1-2-13(7-8-13)9-15-12(16)10-5-3-4-6-11(10)14/h3-6H,2,7-9H2,1H3,(H,15,16). The highest BCUT2D eigenvalue weighted by Crippen LogP contribution is 2.47. The number of halogens is 1. The van der Waals surface area contributed by atoms with E-state index in [1.54, 1.807) is 12.1 Å². The average Bonchev–Trinajstić information content (AvgIpc) is 3.07. The maximum absolute atomic E-state index is 13.3. The van der Waals surface area contributed by atoms with Gasteiger partial charge in [0.1, 0.15) is 5.82 Å². The molecular formula is C13H16FNO. The van der Waals surface area contributed by atoms with Crippen molar-refractivity contribution >= 4 is 5.91 Å². The Hall–Kier alpha value is -1.38. The lowest BCUT2D eigenvalue weighted by atomic mass is 10.0. The molecule has 0 aromatic heterocycles. The van der Waals surface area contributed by atoms with Gasteiger partial charge in [0.2, 0.25) is 0 Å². The van der Waals surface area contributed by atoms with Gasteiger partial charge in [0.05, 0.1) is 5.56 Å². The molecule has 0 atom stereocenters. The zero-order chi connectivity index (χ0) is 11.6. The Bertz CT molecular complexity index is 399. The first kappa shape index (κ1) is 11.1. The molecule has 0 saturated heterocycles. The van der Waals surface area contributed by atoms with Crippen molar-refractivity contribution in [2.24, 2.45) is 5.41 Å². The second-order valence-corrected chi connectivity index (χ2v) is 4.52. The normalized spacial score (nSPS) is 16.9. The molecule has 1 aromatic carbocycles. The van der Waals surface area contributed by atoms with Crippen LogP contribution in [0.4, 0.5) is 4.39 Å². The van der Waals surface area contributed by atoms with Gasteiger partial charge in [-0.15, -0.1) is 0 Å². The van der Waals surface area contributed by atoms with E-state index in [4.69, 9.17) is 0 Å². The van der Waals surface area contributed by atoms with Crippen LogP contribution in [0.15, 0.2) is 24.3 Å². The van der Waals surface area contributed by atoms with Gasteiger partial charge in [-0.05, 0) is 36.8 Å². The molecule has 0 aliphatic heterocycles. The first-order valence-electron chi connectivity index (χ1n) is 5.70. The van der Waals surface area contributed by atoms with Crippen molar-refractivity contribution in [1.29, 1.82) is 0 Å². The molecule has 0 spiro atoms. The van der Waals surface area contributed by atoms with Gasteiger partial charge in [0, 0.05) is 6.54 Å². The summed E-state index contributed by atoms with van der Waals surface area (Å²) in [6.45, 7) is 2.79. The summed E-state index contributed by atoms with van der Waals surface area (Å²) >= 11 is 0. The fourth-order valence-corrected chi connectivity index (χ4v) is 1.84. The van der Waals surface area contributed by atoms with E-state index in [0.717, 1.165) is 6.42 Å². The molecule has 2 rings (SSSR count). The van der Waals surface area contributed by atoms with E-state index >= 15 is 0 Å². The zero-order valence-electron chi connectivity index (χ0n) is 9.42. The van der Waals surface area contributed by atoms with Crippen molar-refractivity contribution < 1.29 is 9.18 Å². The van der Waals surface area contributed by atoms with Gasteiger partial charge in [-0.2, -0.15) is 0 Å². The van der Waals surface area contributed by atoms with Crippen LogP contribution in [0, 0.1) is 11.2 Å². The number of carbonyl (C=O) groups excluding carboxylic acids is 1. The lowest BCUT2D eigenvalue weighted by molar-refractivity contribution is 0.0940. The number of hydrogen-bond acceptors (Lipinski definition) is 1. The molecule has 16 heavy (non-hydrogen) atoms. The van der Waals surface area contributed by atoms with Crippen molar-refractivity contribution in [2.75, 3.05) is 6.54 Å². The monoisotopic (exact) mass is 221 g/mol. The highest BCUT2D eigenvalue weighted by atomic mass is 19.1. The molecule has 0 radical (unpaired) electrons. The third-order valence-corrected chi connectivity index (χ3v) is 3.45. The molecule has 1 amide bonds. The van der Waals surface area contributed by atoms with E-state index in [1.807, 2.05) is 0 Å². The summed E-state index contributed by atoms with van der Waals surface area (Å²) in [4.78, 5) is 11.7. The molecule has 1 saturated carbocycles. The summed E-state index contributed by atoms with van der Waals surface area (Å²) in [5, 5.41) is 2.81. The zero-order valence-corrected chi connectivity index (χ0v) is 9.42. The number of nitrogens with one attached hydrogen (secondary N) is 1. The smallest absolute Gasteiger partial charge is 0.254 e. The molecule has 0 heterocycles. The van der Waals surface area contributed by atoms with E-state index in [1.165, 1.54) is 25.0 Å². The second-order valence-electron chi connectivity index (χ2n) is 4.52. The lowest BCUT2D eigenvalue weighted by Crippen LogP contribution is -2.30. The van der Waals surface area contributed by atoms with Crippen LogP contribution in [0.25, 0.3) is 0 Å². The Morgan fingerprint density at radius 3 is 2.69 bits per heavy atom. The topological polar surface area (TPSA) is 29.1 Å².